The fraction of sp³-hybridized carbons (Fsp3) is 0.650. The first-order valence-corrected chi connectivity index (χ1v) is 10.7. The summed E-state index contributed by atoms with van der Waals surface area (Å²) in [6.07, 6.45) is 1.28. The van der Waals surface area contributed by atoms with Crippen LogP contribution in [0.3, 0.4) is 0 Å². The molecule has 0 spiro atoms. The predicted molar refractivity (Wildman–Crippen MR) is 105 cm³/mol. The first kappa shape index (κ1) is 20.9. The highest BCUT2D eigenvalue weighted by Crippen LogP contribution is 2.24. The van der Waals surface area contributed by atoms with Crippen LogP contribution in [-0.2, 0) is 20.2 Å². The highest BCUT2D eigenvalue weighted by molar-refractivity contribution is 7.89. The van der Waals surface area contributed by atoms with Crippen LogP contribution in [0.4, 0.5) is 0 Å². The van der Waals surface area contributed by atoms with Gasteiger partial charge in [0.1, 0.15) is 0 Å². The molecule has 6 heteroatoms. The third-order valence-electron chi connectivity index (χ3n) is 4.78. The van der Waals surface area contributed by atoms with Gasteiger partial charge in [-0.1, -0.05) is 53.7 Å². The van der Waals surface area contributed by atoms with Crippen LogP contribution < -0.4 is 4.72 Å². The number of nitrogens with zero attached hydrogens (tertiary/aromatic N) is 1. The minimum atomic E-state index is -3.54. The minimum Gasteiger partial charge on any atom is -0.342 e. The summed E-state index contributed by atoms with van der Waals surface area (Å²) in [7, 11) is -3.54. The first-order chi connectivity index (χ1) is 11.8. The van der Waals surface area contributed by atoms with Crippen molar-refractivity contribution in [2.75, 3.05) is 13.1 Å². The molecular weight excluding hydrogens is 348 g/mol. The number of likely N-dealkylation sites (tertiary alicyclic amines) is 1. The van der Waals surface area contributed by atoms with Crippen LogP contribution in [0.15, 0.2) is 29.2 Å². The Morgan fingerprint density at radius 2 is 1.50 bits per heavy atom. The van der Waals surface area contributed by atoms with Crippen LogP contribution >= 0.6 is 0 Å². The zero-order chi connectivity index (χ0) is 19.8. The van der Waals surface area contributed by atoms with Crippen molar-refractivity contribution in [2.45, 2.75) is 70.7 Å². The lowest BCUT2D eigenvalue weighted by molar-refractivity contribution is -0.140. The maximum atomic E-state index is 12.6. The molecule has 0 unspecified atom stereocenters. The monoisotopic (exact) mass is 380 g/mol. The van der Waals surface area contributed by atoms with Crippen LogP contribution in [0, 0.1) is 5.41 Å². The molecule has 5 nitrogen and oxygen atoms in total. The van der Waals surface area contributed by atoms with E-state index in [1.54, 1.807) is 12.1 Å². The molecule has 0 bridgehead atoms. The van der Waals surface area contributed by atoms with Gasteiger partial charge in [0, 0.05) is 24.5 Å². The molecule has 0 saturated carbocycles. The molecule has 0 aromatic heterocycles. The van der Waals surface area contributed by atoms with E-state index in [0.717, 1.165) is 5.56 Å². The molecule has 1 fully saturated rings. The Kier molecular flexibility index (Phi) is 5.88. The first-order valence-electron chi connectivity index (χ1n) is 9.23. The molecule has 1 heterocycles. The van der Waals surface area contributed by atoms with Crippen LogP contribution in [0.1, 0.15) is 59.9 Å². The average molecular weight is 381 g/mol. The molecule has 1 aliphatic heterocycles. The highest BCUT2D eigenvalue weighted by Gasteiger charge is 2.31. The Balaban J connectivity index is 2.00. The lowest BCUT2D eigenvalue weighted by atomic mass is 9.87. The number of sulfonamides is 1. The Morgan fingerprint density at radius 1 is 1.00 bits per heavy atom. The largest absolute Gasteiger partial charge is 0.342 e. The van der Waals surface area contributed by atoms with Gasteiger partial charge in [-0.25, -0.2) is 13.1 Å². The number of rotatable bonds is 3. The topological polar surface area (TPSA) is 66.5 Å². The van der Waals surface area contributed by atoms with Gasteiger partial charge in [-0.3, -0.25) is 4.79 Å². The van der Waals surface area contributed by atoms with Gasteiger partial charge < -0.3 is 4.90 Å². The van der Waals surface area contributed by atoms with E-state index in [1.165, 1.54) is 0 Å². The van der Waals surface area contributed by atoms with E-state index in [9.17, 15) is 13.2 Å². The van der Waals surface area contributed by atoms with Gasteiger partial charge in [-0.2, -0.15) is 0 Å². The number of hydrogen-bond acceptors (Lipinski definition) is 3. The summed E-state index contributed by atoms with van der Waals surface area (Å²) in [6.45, 7) is 13.2. The Hall–Kier alpha value is -1.40. The van der Waals surface area contributed by atoms with Gasteiger partial charge in [0.05, 0.1) is 4.90 Å². The van der Waals surface area contributed by atoms with Crippen molar-refractivity contribution >= 4 is 15.9 Å². The molecule has 1 amide bonds. The maximum absolute atomic E-state index is 12.6. The fourth-order valence-corrected chi connectivity index (χ4v) is 4.40. The third kappa shape index (κ3) is 5.07. The van der Waals surface area contributed by atoms with Crippen molar-refractivity contribution in [3.05, 3.63) is 29.8 Å². The van der Waals surface area contributed by atoms with Gasteiger partial charge in [-0.05, 0) is 36.0 Å². The van der Waals surface area contributed by atoms with E-state index in [-0.39, 0.29) is 17.4 Å². The second-order valence-corrected chi connectivity index (χ2v) is 10.9. The molecule has 0 aliphatic carbocycles. The summed E-state index contributed by atoms with van der Waals surface area (Å²) in [5.41, 5.74) is 0.689. The zero-order valence-corrected chi connectivity index (χ0v) is 17.6. The second-order valence-electron chi connectivity index (χ2n) is 9.21. The molecule has 0 radical (unpaired) electrons. The van der Waals surface area contributed by atoms with Crippen molar-refractivity contribution in [3.8, 4) is 0 Å². The molecule has 1 aromatic carbocycles. The standard InChI is InChI=1S/C20H32N2O3S/c1-19(2,3)15-7-9-17(10-8-15)26(24,25)21-16-11-13-22(14-12-16)18(23)20(4,5)6/h7-10,16,21H,11-14H2,1-6H3. The summed E-state index contributed by atoms with van der Waals surface area (Å²) in [4.78, 5) is 14.5. The molecule has 1 aromatic rings. The van der Waals surface area contributed by atoms with E-state index in [0.29, 0.717) is 30.8 Å². The summed E-state index contributed by atoms with van der Waals surface area (Å²) < 4.78 is 28.1. The smallest absolute Gasteiger partial charge is 0.240 e. The van der Waals surface area contributed by atoms with Crippen molar-refractivity contribution in [1.29, 1.82) is 0 Å². The normalized spacial score (nSPS) is 17.4. The molecule has 1 aliphatic rings. The quantitative estimate of drug-likeness (QED) is 0.875. The number of nitrogens with one attached hydrogen (secondary N) is 1. The average Bonchev–Trinajstić information content (AvgIpc) is 2.53. The van der Waals surface area contributed by atoms with Crippen LogP contribution in [-0.4, -0.2) is 38.4 Å². The molecular formula is C20H32N2O3S. The van der Waals surface area contributed by atoms with Crippen molar-refractivity contribution in [3.63, 3.8) is 0 Å². The fourth-order valence-electron chi connectivity index (χ4n) is 3.10. The summed E-state index contributed by atoms with van der Waals surface area (Å²) in [6, 6.07) is 6.95. The Bertz CT molecular complexity index is 733. The molecule has 0 atom stereocenters. The summed E-state index contributed by atoms with van der Waals surface area (Å²) in [5.74, 6) is 0.122. The van der Waals surface area contributed by atoms with Gasteiger partial charge >= 0.3 is 0 Å². The minimum absolute atomic E-state index is 0.0118. The van der Waals surface area contributed by atoms with Crippen LogP contribution in [0.2, 0.25) is 0 Å². The van der Waals surface area contributed by atoms with E-state index >= 15 is 0 Å². The second kappa shape index (κ2) is 7.31. The third-order valence-corrected chi connectivity index (χ3v) is 6.31. The summed E-state index contributed by atoms with van der Waals surface area (Å²) >= 11 is 0. The number of carbonyl (C=O) groups excluding carboxylic acids is 1. The van der Waals surface area contributed by atoms with Crippen molar-refractivity contribution in [2.24, 2.45) is 5.41 Å². The van der Waals surface area contributed by atoms with Gasteiger partial charge in [0.15, 0.2) is 0 Å². The Labute approximate surface area is 158 Å². The molecule has 2 rings (SSSR count). The maximum Gasteiger partial charge on any atom is 0.240 e. The lowest BCUT2D eigenvalue weighted by Gasteiger charge is -2.35. The zero-order valence-electron chi connectivity index (χ0n) is 16.8. The predicted octanol–water partition coefficient (Wildman–Crippen LogP) is 3.30. The SMILES string of the molecule is CC(C)(C)C(=O)N1CCC(NS(=O)(=O)c2ccc(C(C)(C)C)cc2)CC1. The number of hydrogen-bond donors (Lipinski definition) is 1. The van der Waals surface area contributed by atoms with E-state index in [4.69, 9.17) is 0 Å². The van der Waals surface area contributed by atoms with Crippen molar-refractivity contribution in [1.82, 2.24) is 9.62 Å². The number of piperidine rings is 1. The van der Waals surface area contributed by atoms with Gasteiger partial charge in [0.2, 0.25) is 15.9 Å². The molecule has 26 heavy (non-hydrogen) atoms. The lowest BCUT2D eigenvalue weighted by Crippen LogP contribution is -2.49. The molecule has 146 valence electrons. The van der Waals surface area contributed by atoms with Gasteiger partial charge in [0.25, 0.3) is 0 Å². The van der Waals surface area contributed by atoms with E-state index in [1.807, 2.05) is 37.8 Å². The molecule has 1 N–H and O–H groups in total. The highest BCUT2D eigenvalue weighted by atomic mass is 32.2. The van der Waals surface area contributed by atoms with E-state index < -0.39 is 15.4 Å². The van der Waals surface area contributed by atoms with Crippen molar-refractivity contribution < 1.29 is 13.2 Å². The summed E-state index contributed by atoms with van der Waals surface area (Å²) in [5, 5.41) is 0. The van der Waals surface area contributed by atoms with Gasteiger partial charge in [-0.15, -0.1) is 0 Å². The van der Waals surface area contributed by atoms with E-state index in [2.05, 4.69) is 25.5 Å². The number of amides is 1. The van der Waals surface area contributed by atoms with Crippen LogP contribution in [0.5, 0.6) is 0 Å². The number of carbonyl (C=O) groups is 1. The Morgan fingerprint density at radius 3 is 1.92 bits per heavy atom. The van der Waals surface area contributed by atoms with Crippen LogP contribution in [0.25, 0.3) is 0 Å². The number of benzene rings is 1. The molecule has 1 saturated heterocycles.